The number of fused-ring (bicyclic) bond motifs is 1. The molecule has 0 radical (unpaired) electrons. The van der Waals surface area contributed by atoms with Crippen molar-refractivity contribution in [2.24, 2.45) is 11.8 Å². The van der Waals surface area contributed by atoms with Crippen molar-refractivity contribution in [3.05, 3.63) is 57.7 Å². The molecule has 16 nitrogen and oxygen atoms in total. The van der Waals surface area contributed by atoms with Gasteiger partial charge in [-0.25, -0.2) is 9.48 Å². The topological polar surface area (TPSA) is 206 Å². The van der Waals surface area contributed by atoms with Gasteiger partial charge in [-0.2, -0.15) is 21.6 Å². The molecular weight excluding hydrogens is 583 g/mol. The maximum atomic E-state index is 13.1. The summed E-state index contributed by atoms with van der Waals surface area (Å²) in [6.07, 6.45) is 1.17. The number of nitrogens with zero attached hydrogens (tertiary/aromatic N) is 6. The summed E-state index contributed by atoms with van der Waals surface area (Å²) in [5.74, 6) is -6.04. The van der Waals surface area contributed by atoms with Crippen molar-refractivity contribution in [1.82, 2.24) is 30.4 Å². The molecule has 41 heavy (non-hydrogen) atoms. The zero-order chi connectivity index (χ0) is 30.3. The summed E-state index contributed by atoms with van der Waals surface area (Å²) in [6.45, 7) is 1.87. The van der Waals surface area contributed by atoms with Crippen LogP contribution in [0.25, 0.3) is 0 Å². The lowest BCUT2D eigenvalue weighted by Crippen LogP contribution is -2.66. The van der Waals surface area contributed by atoms with Crippen LogP contribution in [0.2, 0.25) is 0 Å². The number of non-ortho nitro benzene ring substituents is 1. The molecule has 0 bridgehead atoms. The second-order valence-electron chi connectivity index (χ2n) is 9.07. The van der Waals surface area contributed by atoms with E-state index in [1.807, 2.05) is 0 Å². The van der Waals surface area contributed by atoms with Gasteiger partial charge in [0.15, 0.2) is 11.5 Å². The molecule has 20 heteroatoms. The number of esters is 1. The summed E-state index contributed by atoms with van der Waals surface area (Å²) >= 11 is 0. The van der Waals surface area contributed by atoms with E-state index in [0.29, 0.717) is 0 Å². The summed E-state index contributed by atoms with van der Waals surface area (Å²) in [7, 11) is -6.24. The van der Waals surface area contributed by atoms with Gasteiger partial charge in [0.05, 0.1) is 16.9 Å². The minimum Gasteiger partial charge on any atom is -0.456 e. The Hall–Kier alpha value is -4.62. The van der Waals surface area contributed by atoms with Crippen molar-refractivity contribution in [3.63, 3.8) is 0 Å². The Morgan fingerprint density at radius 3 is 2.46 bits per heavy atom. The molecule has 0 saturated carbocycles. The van der Waals surface area contributed by atoms with Crippen LogP contribution in [-0.2, 0) is 46.6 Å². The van der Waals surface area contributed by atoms with Crippen LogP contribution in [0.15, 0.2) is 42.0 Å². The van der Waals surface area contributed by atoms with E-state index >= 15 is 0 Å². The van der Waals surface area contributed by atoms with Crippen LogP contribution in [0.5, 0.6) is 0 Å². The van der Waals surface area contributed by atoms with E-state index in [9.17, 15) is 46.1 Å². The quantitative estimate of drug-likeness (QED) is 0.0977. The molecule has 2 amide bonds. The Kier molecular flexibility index (Phi) is 7.70. The molecule has 0 aliphatic carbocycles. The summed E-state index contributed by atoms with van der Waals surface area (Å²) in [5, 5.41) is 23.7. The maximum absolute atomic E-state index is 13.1. The number of aromatic nitrogens is 4. The monoisotopic (exact) mass is 603 g/mol. The minimum absolute atomic E-state index is 0.250. The highest BCUT2D eigenvalue weighted by atomic mass is 32.2. The number of β-lactam (4-membered cyclic amide) rings is 1. The van der Waals surface area contributed by atoms with Crippen molar-refractivity contribution >= 4 is 33.6 Å². The SMILES string of the molecule is CC1C(OS(=O)(=O)C(F)(F)F)=C(C(=O)OCc2ccc([N+](=O)[O-])cc2)N2C(=O)C([C@@H](C)NC(=O)Cn3cnnn3)C12. The molecule has 2 aliphatic heterocycles. The van der Waals surface area contributed by atoms with E-state index < -0.39 is 80.3 Å². The van der Waals surface area contributed by atoms with E-state index in [4.69, 9.17) is 4.74 Å². The lowest BCUT2D eigenvalue weighted by atomic mass is 9.77. The van der Waals surface area contributed by atoms with Crippen LogP contribution < -0.4 is 5.32 Å². The average Bonchev–Trinajstić information content (AvgIpc) is 3.46. The van der Waals surface area contributed by atoms with Gasteiger partial charge in [0, 0.05) is 24.1 Å². The smallest absolute Gasteiger partial charge is 0.456 e. The molecule has 1 saturated heterocycles. The molecule has 2 aromatic rings. The zero-order valence-corrected chi connectivity index (χ0v) is 21.8. The number of hydrogen-bond donors (Lipinski definition) is 1. The summed E-state index contributed by atoms with van der Waals surface area (Å²) in [6, 6.07) is 2.79. The van der Waals surface area contributed by atoms with Gasteiger partial charge in [-0.15, -0.1) is 5.10 Å². The molecule has 1 aromatic heterocycles. The molecule has 220 valence electrons. The third-order valence-electron chi connectivity index (χ3n) is 6.41. The molecular formula is C21H20F3N7O9S. The zero-order valence-electron chi connectivity index (χ0n) is 21.0. The Bertz CT molecular complexity index is 1510. The Morgan fingerprint density at radius 2 is 1.90 bits per heavy atom. The number of rotatable bonds is 10. The van der Waals surface area contributed by atoms with Crippen LogP contribution in [0.4, 0.5) is 18.9 Å². The molecule has 3 heterocycles. The number of benzene rings is 1. The molecule has 1 aromatic carbocycles. The summed E-state index contributed by atoms with van der Waals surface area (Å²) in [4.78, 5) is 49.4. The first kappa shape index (κ1) is 29.4. The molecule has 3 unspecified atom stereocenters. The first-order valence-corrected chi connectivity index (χ1v) is 13.0. The maximum Gasteiger partial charge on any atom is 0.534 e. The number of ether oxygens (including phenoxy) is 1. The van der Waals surface area contributed by atoms with Crippen LogP contribution in [0.1, 0.15) is 19.4 Å². The number of amides is 2. The van der Waals surface area contributed by atoms with Gasteiger partial charge < -0.3 is 14.2 Å². The number of tetrazole rings is 1. The standard InChI is InChI=1S/C21H20F3N7O9S/c1-10-16-15(11(2)26-14(32)7-29-9-25-27-28-29)19(33)30(16)17(18(10)40-41(37,38)21(22,23)24)20(34)39-8-12-3-5-13(6-4-12)31(35)36/h3-6,9-11,15-16H,7-8H2,1-2H3,(H,26,32)/t10?,11-,15?,16?/m1/s1. The fourth-order valence-corrected chi connectivity index (χ4v) is 5.09. The highest BCUT2D eigenvalue weighted by Crippen LogP contribution is 2.49. The van der Waals surface area contributed by atoms with E-state index in [0.717, 1.165) is 21.7 Å². The van der Waals surface area contributed by atoms with Gasteiger partial charge >= 0.3 is 21.6 Å². The van der Waals surface area contributed by atoms with Crippen molar-refractivity contribution in [2.75, 3.05) is 0 Å². The second kappa shape index (κ2) is 10.7. The van der Waals surface area contributed by atoms with Crippen molar-refractivity contribution < 1.29 is 49.8 Å². The Balaban J connectivity index is 1.56. The van der Waals surface area contributed by atoms with Crippen molar-refractivity contribution in [1.29, 1.82) is 0 Å². The van der Waals surface area contributed by atoms with Crippen LogP contribution >= 0.6 is 0 Å². The number of hydrogen-bond acceptors (Lipinski definition) is 12. The highest BCUT2D eigenvalue weighted by Gasteiger charge is 2.63. The van der Waals surface area contributed by atoms with Gasteiger partial charge in [0.2, 0.25) is 11.8 Å². The lowest BCUT2D eigenvalue weighted by molar-refractivity contribution is -0.384. The van der Waals surface area contributed by atoms with E-state index in [2.05, 4.69) is 25.0 Å². The Labute approximate surface area is 228 Å². The molecule has 1 N–H and O–H groups in total. The predicted molar refractivity (Wildman–Crippen MR) is 125 cm³/mol. The molecule has 1 fully saturated rings. The van der Waals surface area contributed by atoms with E-state index in [1.165, 1.54) is 32.3 Å². The van der Waals surface area contributed by atoms with E-state index in [-0.39, 0.29) is 17.8 Å². The van der Waals surface area contributed by atoms with Crippen LogP contribution in [0, 0.1) is 22.0 Å². The number of nitro benzene ring substituents is 1. The van der Waals surface area contributed by atoms with Gasteiger partial charge in [-0.1, -0.05) is 6.92 Å². The average molecular weight is 603 g/mol. The van der Waals surface area contributed by atoms with Gasteiger partial charge in [-0.05, 0) is 35.0 Å². The third kappa shape index (κ3) is 5.67. The first-order chi connectivity index (χ1) is 19.1. The number of alkyl halides is 3. The fraction of sp³-hybridized carbons (Fsp3) is 0.429. The van der Waals surface area contributed by atoms with Crippen molar-refractivity contribution in [2.45, 2.75) is 44.6 Å². The lowest BCUT2D eigenvalue weighted by Gasteiger charge is -2.47. The number of carbonyl (C=O) groups excluding carboxylic acids is 3. The molecule has 4 rings (SSSR count). The van der Waals surface area contributed by atoms with Crippen LogP contribution in [-0.4, -0.2) is 73.8 Å². The van der Waals surface area contributed by atoms with Gasteiger partial charge in [0.1, 0.15) is 19.5 Å². The van der Waals surface area contributed by atoms with Crippen molar-refractivity contribution in [3.8, 4) is 0 Å². The first-order valence-electron chi connectivity index (χ1n) is 11.6. The Morgan fingerprint density at radius 1 is 1.24 bits per heavy atom. The number of nitro groups is 1. The summed E-state index contributed by atoms with van der Waals surface area (Å²) < 4.78 is 73.7. The second-order valence-corrected chi connectivity index (χ2v) is 10.6. The number of halogens is 3. The minimum atomic E-state index is -6.24. The molecule has 4 atom stereocenters. The van der Waals surface area contributed by atoms with Gasteiger partial charge in [-0.3, -0.25) is 24.6 Å². The molecule has 0 spiro atoms. The van der Waals surface area contributed by atoms with E-state index in [1.54, 1.807) is 0 Å². The number of nitrogens with one attached hydrogen (secondary N) is 1. The highest BCUT2D eigenvalue weighted by molar-refractivity contribution is 7.87. The largest absolute Gasteiger partial charge is 0.534 e. The predicted octanol–water partition coefficient (Wildman–Crippen LogP) is 0.384. The number of carbonyl (C=O) groups is 3. The molecule has 2 aliphatic rings. The third-order valence-corrected chi connectivity index (χ3v) is 7.37. The fourth-order valence-electron chi connectivity index (χ4n) is 4.53. The van der Waals surface area contributed by atoms with Gasteiger partial charge in [0.25, 0.3) is 5.69 Å². The van der Waals surface area contributed by atoms with Crippen LogP contribution in [0.3, 0.4) is 0 Å². The summed E-state index contributed by atoms with van der Waals surface area (Å²) in [5.41, 5.74) is -6.68. The normalized spacial score (nSPS) is 21.1.